The van der Waals surface area contributed by atoms with Crippen molar-refractivity contribution in [3.05, 3.63) is 66.9 Å². The van der Waals surface area contributed by atoms with Crippen molar-refractivity contribution in [3.8, 4) is 11.1 Å². The Hall–Kier alpha value is -1.64. The van der Waals surface area contributed by atoms with E-state index in [1.54, 1.807) is 0 Å². The third-order valence-corrected chi connectivity index (χ3v) is 4.41. The molecule has 1 aromatic heterocycles. The van der Waals surface area contributed by atoms with Crippen molar-refractivity contribution in [1.82, 2.24) is 9.88 Å². The van der Waals surface area contributed by atoms with Crippen LogP contribution in [0.3, 0.4) is 0 Å². The molecule has 0 saturated heterocycles. The van der Waals surface area contributed by atoms with Gasteiger partial charge in [0.1, 0.15) is 0 Å². The summed E-state index contributed by atoms with van der Waals surface area (Å²) in [7, 11) is 2.03. The number of hydrogen-bond donors (Lipinski definition) is 0. The number of anilines is 1. The van der Waals surface area contributed by atoms with Gasteiger partial charge in [0.25, 0.3) is 0 Å². The Bertz CT molecular complexity index is 752. The molecule has 0 N–H and O–H groups in total. The second-order valence-electron chi connectivity index (χ2n) is 6.15. The minimum atomic E-state index is -0.0382. The number of nitrogens with zero attached hydrogens (tertiary/aromatic N) is 3. The van der Waals surface area contributed by atoms with Crippen LogP contribution in [0.25, 0.3) is 11.1 Å². The van der Waals surface area contributed by atoms with E-state index in [4.69, 9.17) is 0 Å². The maximum absolute atomic E-state index is 4.31. The van der Waals surface area contributed by atoms with E-state index in [1.807, 2.05) is 36.6 Å². The van der Waals surface area contributed by atoms with Gasteiger partial charge in [0.05, 0.1) is 0 Å². The molecular formula is C18H17IrN3-2. The molecule has 1 aliphatic carbocycles. The van der Waals surface area contributed by atoms with Crippen LogP contribution in [-0.2, 0) is 25.5 Å². The fraction of sp³-hybridized carbons (Fsp3) is 0.222. The zero-order chi connectivity index (χ0) is 14.6. The minimum absolute atomic E-state index is 0. The summed E-state index contributed by atoms with van der Waals surface area (Å²) >= 11 is 0. The zero-order valence-electron chi connectivity index (χ0n) is 12.8. The first-order chi connectivity index (χ1) is 10.1. The molecule has 3 nitrogen and oxygen atoms in total. The average molecular weight is 468 g/mol. The zero-order valence-corrected chi connectivity index (χ0v) is 15.2. The standard InChI is InChI=1S/C18H17N3.Ir/c1-18(2)15-7-8-19-11-14(15)13-5-4-6-16(17(13)18)21-10-9-20(3)12-21;/h4-5,7-12H,1-3H3;/q-2;. The van der Waals surface area contributed by atoms with Crippen molar-refractivity contribution in [1.29, 1.82) is 0 Å². The molecule has 1 aliphatic heterocycles. The Kier molecular flexibility index (Phi) is 3.62. The van der Waals surface area contributed by atoms with Crippen LogP contribution in [0, 0.1) is 12.7 Å². The molecular weight excluding hydrogens is 450 g/mol. The fourth-order valence-electron chi connectivity index (χ4n) is 3.42. The summed E-state index contributed by atoms with van der Waals surface area (Å²) in [6.45, 7) is 6.63. The predicted molar refractivity (Wildman–Crippen MR) is 84.3 cm³/mol. The van der Waals surface area contributed by atoms with Crippen molar-refractivity contribution in [2.24, 2.45) is 0 Å². The second-order valence-corrected chi connectivity index (χ2v) is 6.15. The summed E-state index contributed by atoms with van der Waals surface area (Å²) in [5.74, 6) is 0. The van der Waals surface area contributed by atoms with Crippen LogP contribution in [0.15, 0.2) is 43.0 Å². The number of pyridine rings is 1. The van der Waals surface area contributed by atoms with Gasteiger partial charge in [-0.15, -0.1) is 16.8 Å². The number of hydrogen-bond acceptors (Lipinski definition) is 3. The Morgan fingerprint density at radius 1 is 1.18 bits per heavy atom. The smallest absolute Gasteiger partial charge is 0.0328 e. The summed E-state index contributed by atoms with van der Waals surface area (Å²) in [5.41, 5.74) is 6.25. The van der Waals surface area contributed by atoms with E-state index in [0.717, 1.165) is 5.69 Å². The van der Waals surface area contributed by atoms with Crippen LogP contribution in [0.4, 0.5) is 5.69 Å². The Morgan fingerprint density at radius 3 is 2.73 bits per heavy atom. The van der Waals surface area contributed by atoms with Gasteiger partial charge in [-0.3, -0.25) is 4.98 Å². The van der Waals surface area contributed by atoms with Gasteiger partial charge >= 0.3 is 0 Å². The van der Waals surface area contributed by atoms with Crippen molar-refractivity contribution in [2.45, 2.75) is 19.3 Å². The van der Waals surface area contributed by atoms with E-state index in [2.05, 4.69) is 54.8 Å². The van der Waals surface area contributed by atoms with Gasteiger partial charge in [0, 0.05) is 32.5 Å². The molecule has 1 aromatic carbocycles. The predicted octanol–water partition coefficient (Wildman–Crippen LogP) is 3.53. The first-order valence-electron chi connectivity index (χ1n) is 7.12. The van der Waals surface area contributed by atoms with Crippen LogP contribution in [-0.4, -0.2) is 16.9 Å². The van der Waals surface area contributed by atoms with Gasteiger partial charge in [-0.1, -0.05) is 13.8 Å². The third-order valence-electron chi connectivity index (χ3n) is 4.41. The molecule has 2 aromatic rings. The van der Waals surface area contributed by atoms with Gasteiger partial charge in [-0.05, 0) is 42.1 Å². The number of fused-ring (bicyclic) bond motifs is 3. The third kappa shape index (κ3) is 2.02. The van der Waals surface area contributed by atoms with Crippen LogP contribution >= 0.6 is 0 Å². The first kappa shape index (κ1) is 15.3. The SMILES string of the molecule is CN1C=CN(c2[c-]ccc3c2C(C)(C)c2ccncc2-3)[CH-]1.[Ir]. The minimum Gasteiger partial charge on any atom is -0.510 e. The molecule has 22 heavy (non-hydrogen) atoms. The molecule has 0 unspecified atom stereocenters. The van der Waals surface area contributed by atoms with Gasteiger partial charge in [-0.2, -0.15) is 24.9 Å². The second kappa shape index (κ2) is 5.22. The molecule has 0 saturated carbocycles. The maximum Gasteiger partial charge on any atom is 0.0328 e. The summed E-state index contributed by atoms with van der Waals surface area (Å²) in [6, 6.07) is 9.71. The van der Waals surface area contributed by atoms with Gasteiger partial charge in [-0.25, -0.2) is 0 Å². The summed E-state index contributed by atoms with van der Waals surface area (Å²) in [6.07, 6.45) is 7.97. The van der Waals surface area contributed by atoms with E-state index in [-0.39, 0.29) is 25.5 Å². The molecule has 2 heterocycles. The molecule has 2 aliphatic rings. The molecule has 0 bridgehead atoms. The van der Waals surface area contributed by atoms with E-state index < -0.39 is 0 Å². The Labute approximate surface area is 145 Å². The first-order valence-corrected chi connectivity index (χ1v) is 7.12. The molecule has 0 atom stereocenters. The molecule has 115 valence electrons. The largest absolute Gasteiger partial charge is 0.510 e. The van der Waals surface area contributed by atoms with Gasteiger partial charge in [0.2, 0.25) is 0 Å². The molecule has 4 heteroatoms. The van der Waals surface area contributed by atoms with E-state index in [0.29, 0.717) is 0 Å². The van der Waals surface area contributed by atoms with E-state index in [9.17, 15) is 0 Å². The van der Waals surface area contributed by atoms with Crippen LogP contribution in [0.1, 0.15) is 25.0 Å². The van der Waals surface area contributed by atoms with Gasteiger partial charge in [0.15, 0.2) is 0 Å². The Morgan fingerprint density at radius 2 is 2.00 bits per heavy atom. The van der Waals surface area contributed by atoms with Crippen LogP contribution in [0.2, 0.25) is 0 Å². The van der Waals surface area contributed by atoms with E-state index in [1.165, 1.54) is 22.3 Å². The maximum atomic E-state index is 4.31. The average Bonchev–Trinajstić information content (AvgIpc) is 3.01. The van der Waals surface area contributed by atoms with Crippen molar-refractivity contribution in [2.75, 3.05) is 11.9 Å². The molecule has 0 fully saturated rings. The quantitative estimate of drug-likeness (QED) is 0.599. The monoisotopic (exact) mass is 468 g/mol. The van der Waals surface area contributed by atoms with Crippen molar-refractivity contribution in [3.63, 3.8) is 0 Å². The molecule has 0 spiro atoms. The Balaban J connectivity index is 0.00000144. The number of rotatable bonds is 1. The molecule has 4 rings (SSSR count). The summed E-state index contributed by atoms with van der Waals surface area (Å²) in [5, 5.41) is 0. The fourth-order valence-corrected chi connectivity index (χ4v) is 3.42. The summed E-state index contributed by atoms with van der Waals surface area (Å²) < 4.78 is 0. The van der Waals surface area contributed by atoms with Crippen LogP contribution < -0.4 is 4.90 Å². The van der Waals surface area contributed by atoms with Crippen molar-refractivity contribution < 1.29 is 20.1 Å². The molecule has 1 radical (unpaired) electrons. The topological polar surface area (TPSA) is 19.4 Å². The molecule has 0 amide bonds. The van der Waals surface area contributed by atoms with Crippen LogP contribution in [0.5, 0.6) is 0 Å². The number of benzene rings is 1. The van der Waals surface area contributed by atoms with Gasteiger partial charge < -0.3 is 9.80 Å². The normalized spacial score (nSPS) is 17.2. The summed E-state index contributed by atoms with van der Waals surface area (Å²) in [4.78, 5) is 8.49. The van der Waals surface area contributed by atoms with Crippen molar-refractivity contribution >= 4 is 5.69 Å². The van der Waals surface area contributed by atoms with E-state index >= 15 is 0 Å². The number of aromatic nitrogens is 1.